The maximum absolute atomic E-state index is 13.5. The van der Waals surface area contributed by atoms with Gasteiger partial charge in [0, 0.05) is 22.4 Å². The molecule has 3 aromatic rings. The van der Waals surface area contributed by atoms with Gasteiger partial charge in [0.15, 0.2) is 0 Å². The fraction of sp³-hybridized carbons (Fsp3) is 0.348. The van der Waals surface area contributed by atoms with Crippen molar-refractivity contribution in [3.63, 3.8) is 0 Å². The first kappa shape index (κ1) is 22.7. The topological polar surface area (TPSA) is 99.3 Å². The van der Waals surface area contributed by atoms with Gasteiger partial charge in [0.05, 0.1) is 16.3 Å². The molecule has 0 spiro atoms. The van der Waals surface area contributed by atoms with Crippen molar-refractivity contribution >= 4 is 27.2 Å². The van der Waals surface area contributed by atoms with Crippen LogP contribution in [-0.2, 0) is 14.8 Å². The van der Waals surface area contributed by atoms with Crippen LogP contribution in [0.25, 0.3) is 10.9 Å². The number of aryl methyl sites for hydroxylation is 2. The Kier molecular flexibility index (Phi) is 6.59. The molecule has 7 nitrogen and oxygen atoms in total. The van der Waals surface area contributed by atoms with E-state index in [0.29, 0.717) is 29.3 Å². The van der Waals surface area contributed by atoms with E-state index in [2.05, 4.69) is 0 Å². The van der Waals surface area contributed by atoms with Crippen molar-refractivity contribution < 1.29 is 18.1 Å². The van der Waals surface area contributed by atoms with Gasteiger partial charge in [-0.3, -0.25) is 10.1 Å². The largest absolute Gasteiger partial charge is 0.303 e. The van der Waals surface area contributed by atoms with Gasteiger partial charge in [-0.1, -0.05) is 43.2 Å². The normalized spacial score (nSPS) is 13.8. The van der Waals surface area contributed by atoms with Crippen molar-refractivity contribution in [2.45, 2.75) is 44.4 Å². The molecule has 0 radical (unpaired) electrons. The molecule has 8 heteroatoms. The molecule has 0 bridgehead atoms. The molecule has 31 heavy (non-hydrogen) atoms. The third-order valence-corrected chi connectivity index (χ3v) is 7.36. The van der Waals surface area contributed by atoms with E-state index < -0.39 is 33.3 Å². The second-order valence-electron chi connectivity index (χ2n) is 7.88. The van der Waals surface area contributed by atoms with Crippen LogP contribution in [-0.4, -0.2) is 30.1 Å². The summed E-state index contributed by atoms with van der Waals surface area (Å²) in [5.41, 5.74) is 2.71. The molecule has 0 aliphatic heterocycles. The van der Waals surface area contributed by atoms with Crippen molar-refractivity contribution in [1.29, 1.82) is 0 Å². The predicted molar refractivity (Wildman–Crippen MR) is 120 cm³/mol. The lowest BCUT2D eigenvalue weighted by molar-refractivity contribution is -0.484. The number of nitro groups is 1. The molecule has 0 unspecified atom stereocenters. The highest BCUT2D eigenvalue weighted by molar-refractivity contribution is 7.90. The summed E-state index contributed by atoms with van der Waals surface area (Å²) in [4.78, 5) is 23.0. The van der Waals surface area contributed by atoms with Crippen LogP contribution in [0.3, 0.4) is 0 Å². The summed E-state index contributed by atoms with van der Waals surface area (Å²) in [5, 5.41) is 12.1. The van der Waals surface area contributed by atoms with Gasteiger partial charge in [-0.15, -0.1) is 0 Å². The van der Waals surface area contributed by atoms with Gasteiger partial charge in [0.2, 0.25) is 6.54 Å². The van der Waals surface area contributed by atoms with E-state index in [0.717, 1.165) is 17.4 Å². The molecule has 0 amide bonds. The van der Waals surface area contributed by atoms with Gasteiger partial charge in [-0.2, -0.15) is 0 Å². The van der Waals surface area contributed by atoms with E-state index in [9.17, 15) is 23.3 Å². The third kappa shape index (κ3) is 4.39. The van der Waals surface area contributed by atoms with Crippen LogP contribution in [0.15, 0.2) is 53.6 Å². The van der Waals surface area contributed by atoms with Gasteiger partial charge >= 0.3 is 0 Å². The van der Waals surface area contributed by atoms with Gasteiger partial charge in [0.25, 0.3) is 10.0 Å². The Labute approximate surface area is 181 Å². The number of hydrogen-bond acceptors (Lipinski definition) is 5. The van der Waals surface area contributed by atoms with Crippen LogP contribution in [0.4, 0.5) is 0 Å². The molecule has 0 aliphatic rings. The fourth-order valence-electron chi connectivity index (χ4n) is 4.10. The van der Waals surface area contributed by atoms with Crippen LogP contribution in [0, 0.1) is 29.9 Å². The minimum Gasteiger partial charge on any atom is -0.303 e. The number of fused-ring (bicyclic) bond motifs is 1. The molecular weight excluding hydrogens is 416 g/mol. The van der Waals surface area contributed by atoms with Crippen LogP contribution in [0.1, 0.15) is 42.4 Å². The summed E-state index contributed by atoms with van der Waals surface area (Å²) >= 11 is 0. The molecule has 0 saturated carbocycles. The van der Waals surface area contributed by atoms with Crippen molar-refractivity contribution in [2.24, 2.45) is 5.92 Å². The van der Waals surface area contributed by atoms with E-state index >= 15 is 0 Å². The Morgan fingerprint density at radius 3 is 2.39 bits per heavy atom. The highest BCUT2D eigenvalue weighted by Gasteiger charge is 2.32. The second kappa shape index (κ2) is 9.01. The Morgan fingerprint density at radius 1 is 1.13 bits per heavy atom. The maximum Gasteiger partial charge on any atom is 0.268 e. The van der Waals surface area contributed by atoms with Crippen molar-refractivity contribution in [3.05, 3.63) is 75.5 Å². The first-order valence-corrected chi connectivity index (χ1v) is 11.6. The maximum atomic E-state index is 13.5. The molecule has 2 aromatic carbocycles. The zero-order valence-electron chi connectivity index (χ0n) is 17.8. The Balaban J connectivity index is 2.29. The number of nitrogens with zero attached hydrogens (tertiary/aromatic N) is 2. The lowest BCUT2D eigenvalue weighted by Crippen LogP contribution is -2.22. The number of carbonyl (C=O) groups is 1. The lowest BCUT2D eigenvalue weighted by atomic mass is 9.83. The molecule has 0 N–H and O–H groups in total. The van der Waals surface area contributed by atoms with Crippen molar-refractivity contribution in [2.75, 3.05) is 6.54 Å². The summed E-state index contributed by atoms with van der Waals surface area (Å²) in [6, 6.07) is 11.8. The minimum absolute atomic E-state index is 0.134. The molecule has 3 rings (SSSR count). The standard InChI is InChI=1S/C23H26N2O5S/c1-4-6-18(15-26)20(14-25(27)28)21-13-24(22-8-5-7-17(3)23(21)22)31(29,30)19-11-9-16(2)10-12-19/h5,7-13,15,18,20H,4,6,14H2,1-3H3/t18-,20-/m1/s1. The number of benzene rings is 2. The summed E-state index contributed by atoms with van der Waals surface area (Å²) in [6.07, 6.45) is 3.41. The quantitative estimate of drug-likeness (QED) is 0.277. The number of hydrogen-bond donors (Lipinski definition) is 0. The van der Waals surface area contributed by atoms with E-state index in [1.807, 2.05) is 26.8 Å². The average molecular weight is 443 g/mol. The molecule has 0 aliphatic carbocycles. The van der Waals surface area contributed by atoms with E-state index in [1.54, 1.807) is 36.4 Å². The van der Waals surface area contributed by atoms with Crippen molar-refractivity contribution in [3.8, 4) is 0 Å². The lowest BCUT2D eigenvalue weighted by Gasteiger charge is -2.19. The number of aldehydes is 1. The second-order valence-corrected chi connectivity index (χ2v) is 9.69. The summed E-state index contributed by atoms with van der Waals surface area (Å²) < 4.78 is 28.1. The number of rotatable bonds is 9. The number of aromatic nitrogens is 1. The van der Waals surface area contributed by atoms with Gasteiger partial charge in [0.1, 0.15) is 6.29 Å². The molecule has 0 fully saturated rings. The fourth-order valence-corrected chi connectivity index (χ4v) is 5.47. The van der Waals surface area contributed by atoms with Crippen molar-refractivity contribution in [1.82, 2.24) is 3.97 Å². The van der Waals surface area contributed by atoms with E-state index in [4.69, 9.17) is 0 Å². The zero-order valence-corrected chi connectivity index (χ0v) is 18.6. The number of carbonyl (C=O) groups excluding carboxylic acids is 1. The minimum atomic E-state index is -3.93. The smallest absolute Gasteiger partial charge is 0.268 e. The third-order valence-electron chi connectivity index (χ3n) is 5.67. The Morgan fingerprint density at radius 2 is 1.81 bits per heavy atom. The molecule has 0 saturated heterocycles. The SMILES string of the molecule is CCC[C@H](C=O)[C@@H](C[N+](=O)[O-])c1cn(S(=O)(=O)c2ccc(C)cc2)c2cccc(C)c12. The summed E-state index contributed by atoms with van der Waals surface area (Å²) in [7, 11) is -3.93. The van der Waals surface area contributed by atoms with Gasteiger partial charge < -0.3 is 4.79 Å². The molecule has 1 heterocycles. The van der Waals surface area contributed by atoms with Gasteiger partial charge in [-0.25, -0.2) is 12.4 Å². The summed E-state index contributed by atoms with van der Waals surface area (Å²) in [5.74, 6) is -1.29. The molecular formula is C23H26N2O5S. The van der Waals surface area contributed by atoms with Crippen LogP contribution < -0.4 is 0 Å². The highest BCUT2D eigenvalue weighted by atomic mass is 32.2. The van der Waals surface area contributed by atoms with Crippen LogP contribution in [0.5, 0.6) is 0 Å². The van der Waals surface area contributed by atoms with Crippen LogP contribution >= 0.6 is 0 Å². The zero-order chi connectivity index (χ0) is 22.8. The predicted octanol–water partition coefficient (Wildman–Crippen LogP) is 4.47. The first-order valence-electron chi connectivity index (χ1n) is 10.2. The Bertz CT molecular complexity index is 1210. The molecule has 164 valence electrons. The summed E-state index contributed by atoms with van der Waals surface area (Å²) in [6.45, 7) is 5.18. The van der Waals surface area contributed by atoms with Crippen LogP contribution in [0.2, 0.25) is 0 Å². The van der Waals surface area contributed by atoms with E-state index in [1.165, 1.54) is 10.2 Å². The highest BCUT2D eigenvalue weighted by Crippen LogP contribution is 2.37. The average Bonchev–Trinajstić information content (AvgIpc) is 3.12. The molecule has 1 aromatic heterocycles. The van der Waals surface area contributed by atoms with E-state index in [-0.39, 0.29) is 4.90 Å². The Hall–Kier alpha value is -3.00. The monoisotopic (exact) mass is 442 g/mol. The first-order chi connectivity index (χ1) is 14.7. The van der Waals surface area contributed by atoms with Gasteiger partial charge in [-0.05, 0) is 49.6 Å². The molecule has 2 atom stereocenters.